The third-order valence-electron chi connectivity index (χ3n) is 5.30. The molecule has 0 amide bonds. The van der Waals surface area contributed by atoms with Crippen molar-refractivity contribution in [3.63, 3.8) is 0 Å². The molecule has 2 aliphatic rings. The van der Waals surface area contributed by atoms with Crippen molar-refractivity contribution < 1.29 is 0 Å². The number of anilines is 2. The van der Waals surface area contributed by atoms with Crippen LogP contribution < -0.4 is 4.90 Å². The van der Waals surface area contributed by atoms with Gasteiger partial charge in [0.25, 0.3) is 0 Å². The van der Waals surface area contributed by atoms with Crippen LogP contribution in [0.2, 0.25) is 0 Å². The Labute approximate surface area is 165 Å². The Morgan fingerprint density at radius 2 is 1.68 bits per heavy atom. The monoisotopic (exact) mass is 363 g/mol. The maximum atomic E-state index is 4.89. The van der Waals surface area contributed by atoms with E-state index in [0.717, 1.165) is 11.5 Å². The van der Waals surface area contributed by atoms with Gasteiger partial charge in [0.15, 0.2) is 0 Å². The van der Waals surface area contributed by atoms with E-state index in [1.54, 1.807) is 0 Å². The number of allylic oxidation sites excluding steroid dienone is 2. The molecule has 0 bridgehead atoms. The molecule has 0 fully saturated rings. The molecule has 0 saturated heterocycles. The summed E-state index contributed by atoms with van der Waals surface area (Å²) in [5.41, 5.74) is 4.67. The summed E-state index contributed by atoms with van der Waals surface area (Å²) < 4.78 is 0. The Hall–Kier alpha value is -3.46. The molecule has 3 aromatic rings. The van der Waals surface area contributed by atoms with Crippen LogP contribution in [0.3, 0.4) is 0 Å². The number of nitrogens with zero attached hydrogens (tertiary/aromatic N) is 3. The van der Waals surface area contributed by atoms with Crippen LogP contribution in [0, 0.1) is 0 Å². The first kappa shape index (κ1) is 16.7. The summed E-state index contributed by atoms with van der Waals surface area (Å²) in [7, 11) is 0. The van der Waals surface area contributed by atoms with Crippen molar-refractivity contribution in [1.82, 2.24) is 4.98 Å². The zero-order chi connectivity index (χ0) is 18.8. The predicted molar refractivity (Wildman–Crippen MR) is 115 cm³/mol. The zero-order valence-corrected chi connectivity index (χ0v) is 15.5. The van der Waals surface area contributed by atoms with Crippen LogP contribution in [-0.4, -0.2) is 17.2 Å². The largest absolute Gasteiger partial charge is 0.318 e. The first-order chi connectivity index (χ1) is 13.9. The summed E-state index contributed by atoms with van der Waals surface area (Å²) in [6.45, 7) is 0.664. The molecule has 3 nitrogen and oxygen atoms in total. The van der Waals surface area contributed by atoms with E-state index in [1.807, 2.05) is 30.5 Å². The van der Waals surface area contributed by atoms with Crippen LogP contribution in [0.25, 0.3) is 0 Å². The summed E-state index contributed by atoms with van der Waals surface area (Å²) in [5.74, 6) is 1.34. The van der Waals surface area contributed by atoms with Crippen molar-refractivity contribution in [3.05, 3.63) is 114 Å². The fourth-order valence-corrected chi connectivity index (χ4v) is 4.03. The second kappa shape index (κ2) is 7.28. The topological polar surface area (TPSA) is 28.5 Å². The number of hydrogen-bond acceptors (Lipinski definition) is 3. The fourth-order valence-electron chi connectivity index (χ4n) is 4.03. The van der Waals surface area contributed by atoms with E-state index in [9.17, 15) is 0 Å². The van der Waals surface area contributed by atoms with Gasteiger partial charge in [0.1, 0.15) is 5.82 Å². The summed E-state index contributed by atoms with van der Waals surface area (Å²) >= 11 is 0. The van der Waals surface area contributed by atoms with Gasteiger partial charge in [-0.05, 0) is 29.3 Å². The minimum Gasteiger partial charge on any atom is -0.318 e. The minimum absolute atomic E-state index is 0.270. The van der Waals surface area contributed by atoms with E-state index >= 15 is 0 Å². The molecular weight excluding hydrogens is 342 g/mol. The van der Waals surface area contributed by atoms with Gasteiger partial charge in [0.05, 0.1) is 18.3 Å². The van der Waals surface area contributed by atoms with Gasteiger partial charge in [-0.15, -0.1) is 0 Å². The van der Waals surface area contributed by atoms with E-state index in [1.165, 1.54) is 16.8 Å². The predicted octanol–water partition coefficient (Wildman–Crippen LogP) is 5.43. The average Bonchev–Trinajstić information content (AvgIpc) is 3.09. The van der Waals surface area contributed by atoms with Gasteiger partial charge in [0.2, 0.25) is 0 Å². The van der Waals surface area contributed by atoms with E-state index in [0.29, 0.717) is 12.5 Å². The van der Waals surface area contributed by atoms with Crippen LogP contribution >= 0.6 is 0 Å². The smallest absolute Gasteiger partial charge is 0.134 e. The number of benzene rings is 2. The summed E-state index contributed by atoms with van der Waals surface area (Å²) in [6, 6.07) is 25.3. The average molecular weight is 363 g/mol. The Morgan fingerprint density at radius 3 is 2.61 bits per heavy atom. The van der Waals surface area contributed by atoms with Crippen LogP contribution in [-0.2, 0) is 6.54 Å². The Kier molecular flexibility index (Phi) is 4.34. The highest BCUT2D eigenvalue weighted by Crippen LogP contribution is 2.46. The van der Waals surface area contributed by atoms with Crippen molar-refractivity contribution in [3.8, 4) is 0 Å². The summed E-state index contributed by atoms with van der Waals surface area (Å²) in [4.78, 5) is 11.8. The minimum atomic E-state index is 0.270. The third-order valence-corrected chi connectivity index (χ3v) is 5.30. The van der Waals surface area contributed by atoms with Gasteiger partial charge in [-0.1, -0.05) is 78.9 Å². The zero-order valence-electron chi connectivity index (χ0n) is 15.5. The van der Waals surface area contributed by atoms with Crippen LogP contribution in [0.5, 0.6) is 0 Å². The number of aromatic nitrogens is 1. The molecule has 3 heteroatoms. The molecule has 0 saturated carbocycles. The van der Waals surface area contributed by atoms with E-state index < -0.39 is 0 Å². The second-order valence-corrected chi connectivity index (χ2v) is 7.09. The highest BCUT2D eigenvalue weighted by Gasteiger charge is 2.37. The van der Waals surface area contributed by atoms with Crippen molar-refractivity contribution >= 4 is 17.7 Å². The van der Waals surface area contributed by atoms with Crippen LogP contribution in [0.15, 0.2) is 102 Å². The number of pyridine rings is 1. The maximum absolute atomic E-state index is 4.89. The summed E-state index contributed by atoms with van der Waals surface area (Å²) in [6.07, 6.45) is 10.7. The molecule has 28 heavy (non-hydrogen) atoms. The third kappa shape index (κ3) is 3.05. The Bertz CT molecular complexity index is 1070. The molecular formula is C25H21N3. The highest BCUT2D eigenvalue weighted by atomic mass is 15.2. The van der Waals surface area contributed by atoms with Gasteiger partial charge < -0.3 is 4.90 Å². The number of rotatable bonds is 4. The van der Waals surface area contributed by atoms with E-state index in [2.05, 4.69) is 82.7 Å². The lowest BCUT2D eigenvalue weighted by atomic mass is 9.91. The summed E-state index contributed by atoms with van der Waals surface area (Å²) in [5, 5.41) is 0. The van der Waals surface area contributed by atoms with Crippen molar-refractivity contribution in [2.24, 2.45) is 4.99 Å². The quantitative estimate of drug-likeness (QED) is 0.578. The SMILES string of the molecule is C1=CC2c3ccccc3N(c3cccc(C=NCc4ccccc4)n3)C2C=C1. The first-order valence-corrected chi connectivity index (χ1v) is 9.64. The lowest BCUT2D eigenvalue weighted by Gasteiger charge is -2.27. The van der Waals surface area contributed by atoms with Gasteiger partial charge in [-0.2, -0.15) is 0 Å². The van der Waals surface area contributed by atoms with Crippen molar-refractivity contribution in [1.29, 1.82) is 0 Å². The number of fused-ring (bicyclic) bond motifs is 3. The molecule has 1 aromatic heterocycles. The van der Waals surface area contributed by atoms with Gasteiger partial charge in [-0.25, -0.2) is 4.98 Å². The number of para-hydroxylation sites is 1. The van der Waals surface area contributed by atoms with Crippen LogP contribution in [0.1, 0.15) is 22.7 Å². The number of aliphatic imine (C=N–C) groups is 1. The van der Waals surface area contributed by atoms with Crippen molar-refractivity contribution in [2.75, 3.05) is 4.90 Å². The first-order valence-electron chi connectivity index (χ1n) is 9.64. The molecule has 0 spiro atoms. The number of hydrogen-bond donors (Lipinski definition) is 0. The van der Waals surface area contributed by atoms with Gasteiger partial charge in [-0.3, -0.25) is 4.99 Å². The molecule has 136 valence electrons. The second-order valence-electron chi connectivity index (χ2n) is 7.09. The maximum Gasteiger partial charge on any atom is 0.134 e. The molecule has 2 heterocycles. The molecule has 0 N–H and O–H groups in total. The van der Waals surface area contributed by atoms with Gasteiger partial charge >= 0.3 is 0 Å². The fraction of sp³-hybridized carbons (Fsp3) is 0.120. The normalized spacial score (nSPS) is 19.8. The van der Waals surface area contributed by atoms with Crippen molar-refractivity contribution in [2.45, 2.75) is 18.5 Å². The molecule has 5 rings (SSSR count). The van der Waals surface area contributed by atoms with Crippen LogP contribution in [0.4, 0.5) is 11.5 Å². The highest BCUT2D eigenvalue weighted by molar-refractivity contribution is 5.79. The molecule has 2 atom stereocenters. The van der Waals surface area contributed by atoms with E-state index in [-0.39, 0.29) is 6.04 Å². The lowest BCUT2D eigenvalue weighted by molar-refractivity contribution is 0.738. The molecule has 2 aromatic carbocycles. The standard InChI is InChI=1S/C25H21N3/c1-2-9-19(10-3-1)17-26-18-20-11-8-16-25(27-20)28-23-14-6-4-12-21(23)22-13-5-7-15-24(22)28/h1-16,18,21,23H,17H2. The Morgan fingerprint density at radius 1 is 0.857 bits per heavy atom. The molecule has 1 aliphatic carbocycles. The Balaban J connectivity index is 1.44. The lowest BCUT2D eigenvalue weighted by Crippen LogP contribution is -2.29. The van der Waals surface area contributed by atoms with Gasteiger partial charge in [0, 0.05) is 17.8 Å². The molecule has 0 radical (unpaired) electrons. The molecule has 1 aliphatic heterocycles. The van der Waals surface area contributed by atoms with E-state index in [4.69, 9.17) is 4.98 Å². The molecule has 2 unspecified atom stereocenters.